The first-order valence-electron chi connectivity index (χ1n) is 4.44. The van der Waals surface area contributed by atoms with Gasteiger partial charge in [-0.15, -0.1) is 0 Å². The van der Waals surface area contributed by atoms with Gasteiger partial charge in [0.1, 0.15) is 5.76 Å². The largest absolute Gasteiger partial charge is 0.453 e. The maximum absolute atomic E-state index is 8.47. The molecule has 0 saturated carbocycles. The number of nitrogens with zero attached hydrogens (tertiary/aromatic N) is 1. The van der Waals surface area contributed by atoms with Crippen LogP contribution in [0, 0.1) is 0 Å². The topological polar surface area (TPSA) is 71.8 Å². The van der Waals surface area contributed by atoms with E-state index < -0.39 is 0 Å². The Morgan fingerprint density at radius 3 is 2.53 bits per heavy atom. The predicted octanol–water partition coefficient (Wildman–Crippen LogP) is 2.04. The molecule has 3 N–H and O–H groups in total. The highest BCUT2D eigenvalue weighted by molar-refractivity contribution is 5.94. The van der Waals surface area contributed by atoms with Crippen molar-refractivity contribution in [2.75, 3.05) is 0 Å². The number of rotatable bonds is 2. The monoisotopic (exact) mass is 202 g/mol. The fourth-order valence-corrected chi connectivity index (χ4v) is 1.28. The summed E-state index contributed by atoms with van der Waals surface area (Å²) in [7, 11) is 0. The van der Waals surface area contributed by atoms with E-state index in [1.165, 1.54) is 0 Å². The first-order valence-corrected chi connectivity index (χ1v) is 4.44. The van der Waals surface area contributed by atoms with Gasteiger partial charge in [-0.3, -0.25) is 0 Å². The summed E-state index contributed by atoms with van der Waals surface area (Å²) in [6.07, 6.45) is 0. The van der Waals surface area contributed by atoms with Gasteiger partial charge in [0.15, 0.2) is 5.76 Å². The van der Waals surface area contributed by atoms with E-state index in [2.05, 4.69) is 5.16 Å². The standard InChI is InChI=1S/C11H10N2O2/c12-11(13-14)10-7-6-9(15-10)8-4-2-1-3-5-8/h1-7,14H,(H2,12,13). The molecule has 2 aromatic rings. The summed E-state index contributed by atoms with van der Waals surface area (Å²) in [5, 5.41) is 11.3. The van der Waals surface area contributed by atoms with Crippen molar-refractivity contribution in [3.8, 4) is 11.3 Å². The highest BCUT2D eigenvalue weighted by Gasteiger charge is 2.07. The van der Waals surface area contributed by atoms with E-state index in [-0.39, 0.29) is 5.84 Å². The van der Waals surface area contributed by atoms with Crippen LogP contribution in [-0.2, 0) is 0 Å². The first-order chi connectivity index (χ1) is 7.31. The number of nitrogens with two attached hydrogens (primary N) is 1. The van der Waals surface area contributed by atoms with Crippen LogP contribution >= 0.6 is 0 Å². The van der Waals surface area contributed by atoms with Crippen LogP contribution < -0.4 is 5.73 Å². The average molecular weight is 202 g/mol. The van der Waals surface area contributed by atoms with Crippen molar-refractivity contribution in [3.05, 3.63) is 48.2 Å². The number of hydrogen-bond acceptors (Lipinski definition) is 3. The third-order valence-electron chi connectivity index (χ3n) is 2.02. The Kier molecular flexibility index (Phi) is 2.41. The third-order valence-corrected chi connectivity index (χ3v) is 2.02. The van der Waals surface area contributed by atoms with E-state index in [0.717, 1.165) is 5.56 Å². The number of furan rings is 1. The van der Waals surface area contributed by atoms with Crippen molar-refractivity contribution in [1.29, 1.82) is 0 Å². The molecular weight excluding hydrogens is 192 g/mol. The highest BCUT2D eigenvalue weighted by Crippen LogP contribution is 2.21. The Bertz CT molecular complexity index is 474. The Labute approximate surface area is 86.6 Å². The fraction of sp³-hybridized carbons (Fsp3) is 0. The van der Waals surface area contributed by atoms with Gasteiger partial charge < -0.3 is 15.4 Å². The molecule has 15 heavy (non-hydrogen) atoms. The van der Waals surface area contributed by atoms with E-state index in [0.29, 0.717) is 11.5 Å². The van der Waals surface area contributed by atoms with Gasteiger partial charge in [-0.25, -0.2) is 0 Å². The van der Waals surface area contributed by atoms with Crippen molar-refractivity contribution in [2.45, 2.75) is 0 Å². The van der Waals surface area contributed by atoms with Crippen LogP contribution in [0.2, 0.25) is 0 Å². The van der Waals surface area contributed by atoms with Crippen molar-refractivity contribution >= 4 is 5.84 Å². The normalized spacial score (nSPS) is 11.6. The lowest BCUT2D eigenvalue weighted by atomic mass is 10.2. The molecule has 76 valence electrons. The Hall–Kier alpha value is -2.23. The van der Waals surface area contributed by atoms with Crippen molar-refractivity contribution in [3.63, 3.8) is 0 Å². The molecule has 4 nitrogen and oxygen atoms in total. The molecule has 2 rings (SSSR count). The van der Waals surface area contributed by atoms with E-state index in [9.17, 15) is 0 Å². The molecule has 1 heterocycles. The van der Waals surface area contributed by atoms with Crippen molar-refractivity contribution in [1.82, 2.24) is 0 Å². The lowest BCUT2D eigenvalue weighted by molar-refractivity contribution is 0.317. The molecule has 0 fully saturated rings. The first kappa shape index (κ1) is 9.33. The number of amidine groups is 1. The van der Waals surface area contributed by atoms with Crippen LogP contribution in [0.5, 0.6) is 0 Å². The van der Waals surface area contributed by atoms with E-state index in [4.69, 9.17) is 15.4 Å². The van der Waals surface area contributed by atoms with Crippen LogP contribution in [0.4, 0.5) is 0 Å². The van der Waals surface area contributed by atoms with Gasteiger partial charge in [-0.05, 0) is 12.1 Å². The zero-order valence-electron chi connectivity index (χ0n) is 7.92. The molecule has 0 unspecified atom stereocenters. The summed E-state index contributed by atoms with van der Waals surface area (Å²) in [6, 6.07) is 13.1. The summed E-state index contributed by atoms with van der Waals surface area (Å²) >= 11 is 0. The van der Waals surface area contributed by atoms with E-state index in [1.54, 1.807) is 12.1 Å². The van der Waals surface area contributed by atoms with Gasteiger partial charge >= 0.3 is 0 Å². The molecule has 0 amide bonds. The molecule has 0 aliphatic heterocycles. The Morgan fingerprint density at radius 1 is 1.13 bits per heavy atom. The SMILES string of the molecule is NC(=NO)c1ccc(-c2ccccc2)o1. The van der Waals surface area contributed by atoms with Gasteiger partial charge in [0, 0.05) is 5.56 Å². The second-order valence-corrected chi connectivity index (χ2v) is 3.02. The zero-order valence-corrected chi connectivity index (χ0v) is 7.92. The summed E-state index contributed by atoms with van der Waals surface area (Å²) in [5.41, 5.74) is 6.35. The third kappa shape index (κ3) is 1.83. The summed E-state index contributed by atoms with van der Waals surface area (Å²) in [6.45, 7) is 0. The minimum atomic E-state index is -0.0304. The molecule has 4 heteroatoms. The van der Waals surface area contributed by atoms with Crippen LogP contribution in [0.1, 0.15) is 5.76 Å². The van der Waals surface area contributed by atoms with Crippen LogP contribution in [0.15, 0.2) is 52.0 Å². The molecule has 1 aromatic heterocycles. The lowest BCUT2D eigenvalue weighted by Crippen LogP contribution is -2.11. The zero-order chi connectivity index (χ0) is 10.7. The minimum absolute atomic E-state index is 0.0304. The second kappa shape index (κ2) is 3.88. The number of oxime groups is 1. The summed E-state index contributed by atoms with van der Waals surface area (Å²) in [4.78, 5) is 0. The molecule has 1 aromatic carbocycles. The maximum atomic E-state index is 8.47. The van der Waals surface area contributed by atoms with Crippen molar-refractivity contribution in [2.24, 2.45) is 10.9 Å². The average Bonchev–Trinajstić information content (AvgIpc) is 2.78. The number of hydrogen-bond donors (Lipinski definition) is 2. The Morgan fingerprint density at radius 2 is 1.87 bits per heavy atom. The van der Waals surface area contributed by atoms with Gasteiger partial charge in [0.05, 0.1) is 0 Å². The summed E-state index contributed by atoms with van der Waals surface area (Å²) in [5.74, 6) is 1.02. The molecule has 0 bridgehead atoms. The quantitative estimate of drug-likeness (QED) is 0.339. The van der Waals surface area contributed by atoms with Crippen LogP contribution in [0.3, 0.4) is 0 Å². The van der Waals surface area contributed by atoms with E-state index >= 15 is 0 Å². The maximum Gasteiger partial charge on any atom is 0.205 e. The van der Waals surface area contributed by atoms with Gasteiger partial charge in [-0.1, -0.05) is 35.5 Å². The molecule has 0 saturated heterocycles. The molecule has 0 spiro atoms. The lowest BCUT2D eigenvalue weighted by Gasteiger charge is -1.95. The van der Waals surface area contributed by atoms with Crippen LogP contribution in [0.25, 0.3) is 11.3 Å². The molecule has 0 aliphatic carbocycles. The summed E-state index contributed by atoms with van der Waals surface area (Å²) < 4.78 is 5.41. The molecular formula is C11H10N2O2. The van der Waals surface area contributed by atoms with Crippen LogP contribution in [-0.4, -0.2) is 11.0 Å². The fourth-order valence-electron chi connectivity index (χ4n) is 1.28. The molecule has 0 atom stereocenters. The van der Waals surface area contributed by atoms with Crippen molar-refractivity contribution < 1.29 is 9.62 Å². The highest BCUT2D eigenvalue weighted by atomic mass is 16.4. The smallest absolute Gasteiger partial charge is 0.205 e. The predicted molar refractivity (Wildman–Crippen MR) is 56.7 cm³/mol. The Balaban J connectivity index is 2.36. The number of benzene rings is 1. The molecule has 0 aliphatic rings. The minimum Gasteiger partial charge on any atom is -0.453 e. The van der Waals surface area contributed by atoms with Gasteiger partial charge in [0.25, 0.3) is 0 Å². The molecule has 0 radical (unpaired) electrons. The second-order valence-electron chi connectivity index (χ2n) is 3.02. The van der Waals surface area contributed by atoms with E-state index in [1.807, 2.05) is 30.3 Å². The van der Waals surface area contributed by atoms with Gasteiger partial charge in [-0.2, -0.15) is 0 Å². The van der Waals surface area contributed by atoms with Gasteiger partial charge in [0.2, 0.25) is 5.84 Å².